The van der Waals surface area contributed by atoms with Gasteiger partial charge in [-0.1, -0.05) is 36.9 Å². The Kier molecular flexibility index (Phi) is 4.52. The van der Waals surface area contributed by atoms with Crippen LogP contribution in [0, 0.1) is 0 Å². The van der Waals surface area contributed by atoms with E-state index in [9.17, 15) is 4.79 Å². The molecule has 0 atom stereocenters. The van der Waals surface area contributed by atoms with E-state index in [0.29, 0.717) is 12.2 Å². The normalized spacial score (nSPS) is 11.0. The first-order valence-corrected chi connectivity index (χ1v) is 5.25. The maximum atomic E-state index is 11.7. The molecular formula is C14H16O2. The second-order valence-corrected chi connectivity index (χ2v) is 3.42. The predicted molar refractivity (Wildman–Crippen MR) is 65.9 cm³/mol. The Morgan fingerprint density at radius 1 is 1.38 bits per heavy atom. The molecule has 0 aliphatic heterocycles. The van der Waals surface area contributed by atoms with Crippen LogP contribution >= 0.6 is 0 Å². The van der Waals surface area contributed by atoms with Gasteiger partial charge in [0.1, 0.15) is 0 Å². The van der Waals surface area contributed by atoms with Crippen LogP contribution in [0.15, 0.2) is 48.2 Å². The Morgan fingerprint density at radius 3 is 2.56 bits per heavy atom. The topological polar surface area (TPSA) is 26.3 Å². The summed E-state index contributed by atoms with van der Waals surface area (Å²) in [6.07, 6.45) is 1.83. The Bertz CT molecular complexity index is 402. The van der Waals surface area contributed by atoms with Gasteiger partial charge in [-0.05, 0) is 25.5 Å². The first-order chi connectivity index (χ1) is 7.65. The van der Waals surface area contributed by atoms with Gasteiger partial charge in [-0.2, -0.15) is 0 Å². The lowest BCUT2D eigenvalue weighted by molar-refractivity contribution is -0.115. The molecule has 0 aromatic heterocycles. The summed E-state index contributed by atoms with van der Waals surface area (Å²) < 4.78 is 5.08. The van der Waals surface area contributed by atoms with Crippen molar-refractivity contribution in [3.8, 4) is 0 Å². The molecule has 16 heavy (non-hydrogen) atoms. The molecule has 0 bridgehead atoms. The highest BCUT2D eigenvalue weighted by Crippen LogP contribution is 2.10. The van der Waals surface area contributed by atoms with E-state index in [4.69, 9.17) is 4.74 Å². The Labute approximate surface area is 96.2 Å². The molecule has 0 aliphatic rings. The second-order valence-electron chi connectivity index (χ2n) is 3.42. The largest absolute Gasteiger partial charge is 0.490 e. The van der Waals surface area contributed by atoms with Gasteiger partial charge in [-0.15, -0.1) is 0 Å². The summed E-state index contributed by atoms with van der Waals surface area (Å²) in [4.78, 5) is 11.7. The average Bonchev–Trinajstić information content (AvgIpc) is 2.29. The van der Waals surface area contributed by atoms with E-state index in [0.717, 1.165) is 5.56 Å². The van der Waals surface area contributed by atoms with Crippen molar-refractivity contribution in [2.75, 3.05) is 6.61 Å². The average molecular weight is 216 g/mol. The minimum atomic E-state index is -0.147. The van der Waals surface area contributed by atoms with Crippen LogP contribution in [0.25, 0.3) is 6.08 Å². The zero-order valence-electron chi connectivity index (χ0n) is 9.69. The lowest BCUT2D eigenvalue weighted by atomic mass is 10.1. The Hall–Kier alpha value is -1.83. The number of carbonyl (C=O) groups excluding carboxylic acids is 1. The van der Waals surface area contributed by atoms with Crippen LogP contribution in [0.4, 0.5) is 0 Å². The van der Waals surface area contributed by atoms with E-state index < -0.39 is 0 Å². The molecule has 0 saturated heterocycles. The molecule has 0 amide bonds. The summed E-state index contributed by atoms with van der Waals surface area (Å²) in [5, 5.41) is 0. The zero-order chi connectivity index (χ0) is 12.0. The number of benzene rings is 1. The molecule has 0 fully saturated rings. The number of hydrogen-bond acceptors (Lipinski definition) is 2. The molecule has 0 radical (unpaired) electrons. The molecule has 84 valence electrons. The number of ether oxygens (including phenoxy) is 1. The molecule has 0 N–H and O–H groups in total. The summed E-state index contributed by atoms with van der Waals surface area (Å²) in [5.74, 6) is 0.0536. The van der Waals surface area contributed by atoms with Crippen LogP contribution < -0.4 is 0 Å². The summed E-state index contributed by atoms with van der Waals surface area (Å²) in [6.45, 7) is 7.65. The smallest absolute Gasteiger partial charge is 0.222 e. The Morgan fingerprint density at radius 2 is 2.00 bits per heavy atom. The molecule has 2 nitrogen and oxygen atoms in total. The molecule has 0 aliphatic carbocycles. The lowest BCUT2D eigenvalue weighted by Crippen LogP contribution is -2.06. The highest BCUT2D eigenvalue weighted by molar-refractivity contribution is 6.08. The van der Waals surface area contributed by atoms with Gasteiger partial charge in [0.15, 0.2) is 5.76 Å². The van der Waals surface area contributed by atoms with Crippen LogP contribution in [-0.2, 0) is 9.53 Å². The fraction of sp³-hybridized carbons (Fsp3) is 0.214. The molecule has 0 saturated carbocycles. The molecule has 0 heterocycles. The van der Waals surface area contributed by atoms with Gasteiger partial charge in [0.05, 0.1) is 6.61 Å². The van der Waals surface area contributed by atoms with Crippen LogP contribution in [0.5, 0.6) is 0 Å². The summed E-state index contributed by atoms with van der Waals surface area (Å²) >= 11 is 0. The van der Waals surface area contributed by atoms with E-state index in [-0.39, 0.29) is 11.5 Å². The molecule has 1 aromatic rings. The van der Waals surface area contributed by atoms with Crippen molar-refractivity contribution in [3.05, 3.63) is 53.8 Å². The monoisotopic (exact) mass is 216 g/mol. The van der Waals surface area contributed by atoms with Crippen molar-refractivity contribution in [1.82, 2.24) is 0 Å². The van der Waals surface area contributed by atoms with Gasteiger partial charge < -0.3 is 4.74 Å². The van der Waals surface area contributed by atoms with Crippen molar-refractivity contribution in [3.63, 3.8) is 0 Å². The SMILES string of the molecule is C=C(OCC)C(=O)C(C)=Cc1ccccc1. The fourth-order valence-electron chi connectivity index (χ4n) is 1.32. The first-order valence-electron chi connectivity index (χ1n) is 5.25. The standard InChI is InChI=1S/C14H16O2/c1-4-16-12(3)14(15)11(2)10-13-8-6-5-7-9-13/h5-10H,3-4H2,1-2H3. The zero-order valence-corrected chi connectivity index (χ0v) is 9.69. The third-order valence-electron chi connectivity index (χ3n) is 2.11. The predicted octanol–water partition coefficient (Wildman–Crippen LogP) is 3.21. The van der Waals surface area contributed by atoms with E-state index in [1.807, 2.05) is 43.3 Å². The van der Waals surface area contributed by atoms with Crippen LogP contribution in [-0.4, -0.2) is 12.4 Å². The molecule has 0 unspecified atom stereocenters. The van der Waals surface area contributed by atoms with Gasteiger partial charge >= 0.3 is 0 Å². The third-order valence-corrected chi connectivity index (χ3v) is 2.11. The second kappa shape index (κ2) is 5.91. The van der Waals surface area contributed by atoms with Gasteiger partial charge in [0.2, 0.25) is 5.78 Å². The summed E-state index contributed by atoms with van der Waals surface area (Å²) in [5.41, 5.74) is 1.63. The van der Waals surface area contributed by atoms with E-state index in [2.05, 4.69) is 6.58 Å². The van der Waals surface area contributed by atoms with E-state index >= 15 is 0 Å². The minimum absolute atomic E-state index is 0.147. The van der Waals surface area contributed by atoms with Crippen molar-refractivity contribution < 1.29 is 9.53 Å². The fourth-order valence-corrected chi connectivity index (χ4v) is 1.32. The molecule has 0 spiro atoms. The van der Waals surface area contributed by atoms with Crippen LogP contribution in [0.3, 0.4) is 0 Å². The minimum Gasteiger partial charge on any atom is -0.490 e. The summed E-state index contributed by atoms with van der Waals surface area (Å²) in [6, 6.07) is 9.69. The molecular weight excluding hydrogens is 200 g/mol. The van der Waals surface area contributed by atoms with Gasteiger partial charge in [-0.25, -0.2) is 0 Å². The maximum Gasteiger partial charge on any atom is 0.222 e. The van der Waals surface area contributed by atoms with Crippen LogP contribution in [0.1, 0.15) is 19.4 Å². The molecule has 1 aromatic carbocycles. The first kappa shape index (κ1) is 12.2. The quantitative estimate of drug-likeness (QED) is 0.558. The van der Waals surface area contributed by atoms with Crippen molar-refractivity contribution >= 4 is 11.9 Å². The number of hydrogen-bond donors (Lipinski definition) is 0. The van der Waals surface area contributed by atoms with Crippen molar-refractivity contribution in [1.29, 1.82) is 0 Å². The third kappa shape index (κ3) is 3.39. The summed E-state index contributed by atoms with van der Waals surface area (Å²) in [7, 11) is 0. The van der Waals surface area contributed by atoms with E-state index in [1.165, 1.54) is 0 Å². The van der Waals surface area contributed by atoms with E-state index in [1.54, 1.807) is 6.92 Å². The highest BCUT2D eigenvalue weighted by atomic mass is 16.5. The van der Waals surface area contributed by atoms with Crippen molar-refractivity contribution in [2.24, 2.45) is 0 Å². The molecule has 2 heteroatoms. The Balaban J connectivity index is 2.78. The number of Topliss-reactive ketones (excluding diaryl/α,β-unsaturated/α-hetero) is 1. The lowest BCUT2D eigenvalue weighted by Gasteiger charge is -2.05. The maximum absolute atomic E-state index is 11.7. The number of carbonyl (C=O) groups is 1. The number of rotatable bonds is 5. The van der Waals surface area contributed by atoms with Crippen molar-refractivity contribution in [2.45, 2.75) is 13.8 Å². The highest BCUT2D eigenvalue weighted by Gasteiger charge is 2.09. The van der Waals surface area contributed by atoms with Crippen LogP contribution in [0.2, 0.25) is 0 Å². The van der Waals surface area contributed by atoms with Gasteiger partial charge in [0.25, 0.3) is 0 Å². The number of ketones is 1. The molecule has 1 rings (SSSR count). The number of allylic oxidation sites excluding steroid dienone is 1. The van der Waals surface area contributed by atoms with Gasteiger partial charge in [-0.3, -0.25) is 4.79 Å². The van der Waals surface area contributed by atoms with Gasteiger partial charge in [0, 0.05) is 5.57 Å².